The van der Waals surface area contributed by atoms with Crippen molar-refractivity contribution in [2.24, 2.45) is 5.92 Å². The summed E-state index contributed by atoms with van der Waals surface area (Å²) in [6.45, 7) is 7.49. The number of amides is 1. The number of aryl methyl sites for hydroxylation is 2. The molecule has 130 valence electrons. The molecule has 3 rings (SSSR count). The van der Waals surface area contributed by atoms with Crippen LogP contribution in [0.2, 0.25) is 0 Å². The third-order valence-electron chi connectivity index (χ3n) is 4.47. The molecule has 0 aliphatic carbocycles. The van der Waals surface area contributed by atoms with Crippen molar-refractivity contribution in [3.63, 3.8) is 0 Å². The van der Waals surface area contributed by atoms with Crippen LogP contribution in [0.15, 0.2) is 15.0 Å². The zero-order chi connectivity index (χ0) is 17.1. The van der Waals surface area contributed by atoms with E-state index in [1.165, 1.54) is 0 Å². The number of rotatable bonds is 5. The van der Waals surface area contributed by atoms with Crippen molar-refractivity contribution in [3.05, 3.63) is 23.6 Å². The minimum atomic E-state index is -0.0145. The fourth-order valence-electron chi connectivity index (χ4n) is 2.94. The van der Waals surface area contributed by atoms with Gasteiger partial charge in [0.15, 0.2) is 5.82 Å². The predicted molar refractivity (Wildman–Crippen MR) is 86.3 cm³/mol. The van der Waals surface area contributed by atoms with Gasteiger partial charge in [0.05, 0.1) is 6.04 Å². The Hall–Kier alpha value is -2.22. The molecule has 0 spiro atoms. The number of likely N-dealkylation sites (tertiary alicyclic amines) is 1. The van der Waals surface area contributed by atoms with Crippen molar-refractivity contribution >= 4 is 11.7 Å². The van der Waals surface area contributed by atoms with Gasteiger partial charge >= 0.3 is 0 Å². The molecule has 1 aliphatic rings. The van der Waals surface area contributed by atoms with Crippen molar-refractivity contribution in [1.82, 2.24) is 20.3 Å². The van der Waals surface area contributed by atoms with E-state index in [2.05, 4.69) is 32.5 Å². The number of anilines is 1. The zero-order valence-electron chi connectivity index (χ0n) is 14.3. The molecular weight excluding hydrogens is 310 g/mol. The van der Waals surface area contributed by atoms with Crippen LogP contribution < -0.4 is 5.32 Å². The Balaban J connectivity index is 1.52. The predicted octanol–water partition coefficient (Wildman–Crippen LogP) is 2.34. The van der Waals surface area contributed by atoms with Crippen LogP contribution in [-0.2, 0) is 11.2 Å². The lowest BCUT2D eigenvalue weighted by Gasteiger charge is -2.33. The van der Waals surface area contributed by atoms with Crippen LogP contribution >= 0.6 is 0 Å². The SMILES string of the molecule is CCc1nnc(C(C)N2CCC(C(=O)Nc3cc(C)on3)CC2)o1. The quantitative estimate of drug-likeness (QED) is 0.896. The van der Waals surface area contributed by atoms with Gasteiger partial charge in [0.1, 0.15) is 5.76 Å². The number of hydrogen-bond donors (Lipinski definition) is 1. The van der Waals surface area contributed by atoms with Gasteiger partial charge < -0.3 is 14.3 Å². The largest absolute Gasteiger partial charge is 0.424 e. The average molecular weight is 333 g/mol. The van der Waals surface area contributed by atoms with E-state index >= 15 is 0 Å². The second kappa shape index (κ2) is 7.12. The summed E-state index contributed by atoms with van der Waals surface area (Å²) in [5.41, 5.74) is 0. The Kier molecular flexibility index (Phi) is 4.94. The van der Waals surface area contributed by atoms with Gasteiger partial charge in [0.25, 0.3) is 0 Å². The molecule has 3 heterocycles. The summed E-state index contributed by atoms with van der Waals surface area (Å²) in [6, 6.07) is 1.79. The summed E-state index contributed by atoms with van der Waals surface area (Å²) in [6.07, 6.45) is 2.33. The lowest BCUT2D eigenvalue weighted by atomic mass is 9.95. The van der Waals surface area contributed by atoms with Gasteiger partial charge in [-0.3, -0.25) is 9.69 Å². The Labute approximate surface area is 140 Å². The summed E-state index contributed by atoms with van der Waals surface area (Å²) in [7, 11) is 0. The van der Waals surface area contributed by atoms with Crippen LogP contribution in [0, 0.1) is 12.8 Å². The minimum Gasteiger partial charge on any atom is -0.424 e. The van der Waals surface area contributed by atoms with E-state index in [0.29, 0.717) is 23.4 Å². The highest BCUT2D eigenvalue weighted by Crippen LogP contribution is 2.26. The van der Waals surface area contributed by atoms with Crippen molar-refractivity contribution in [3.8, 4) is 0 Å². The van der Waals surface area contributed by atoms with Crippen LogP contribution in [0.1, 0.15) is 50.3 Å². The van der Waals surface area contributed by atoms with E-state index in [0.717, 1.165) is 32.4 Å². The van der Waals surface area contributed by atoms with Crippen LogP contribution in [-0.4, -0.2) is 39.3 Å². The molecule has 1 unspecified atom stereocenters. The molecular formula is C16H23N5O3. The summed E-state index contributed by atoms with van der Waals surface area (Å²) in [5, 5.41) is 14.8. The van der Waals surface area contributed by atoms with E-state index in [9.17, 15) is 4.79 Å². The number of aromatic nitrogens is 3. The molecule has 24 heavy (non-hydrogen) atoms. The van der Waals surface area contributed by atoms with Crippen molar-refractivity contribution in [2.75, 3.05) is 18.4 Å². The topological polar surface area (TPSA) is 97.3 Å². The standard InChI is InChI=1S/C16H23N5O3/c1-4-14-18-19-16(23-14)11(3)21-7-5-12(6-8-21)15(22)17-13-9-10(2)24-20-13/h9,11-12H,4-8H2,1-3H3,(H,17,20,22). The molecule has 1 saturated heterocycles. The van der Waals surface area contributed by atoms with Crippen LogP contribution in [0.3, 0.4) is 0 Å². The molecule has 2 aromatic rings. The molecule has 1 aliphatic heterocycles. The number of piperidine rings is 1. The molecule has 0 radical (unpaired) electrons. The third kappa shape index (κ3) is 3.64. The van der Waals surface area contributed by atoms with E-state index in [1.807, 2.05) is 6.92 Å². The molecule has 0 bridgehead atoms. The van der Waals surface area contributed by atoms with Crippen molar-refractivity contribution in [1.29, 1.82) is 0 Å². The average Bonchev–Trinajstić information content (AvgIpc) is 3.23. The minimum absolute atomic E-state index is 0.00154. The van der Waals surface area contributed by atoms with Gasteiger partial charge in [-0.2, -0.15) is 0 Å². The van der Waals surface area contributed by atoms with E-state index < -0.39 is 0 Å². The van der Waals surface area contributed by atoms with E-state index in [-0.39, 0.29) is 17.9 Å². The van der Waals surface area contributed by atoms with E-state index in [4.69, 9.17) is 8.94 Å². The summed E-state index contributed by atoms with van der Waals surface area (Å²) < 4.78 is 10.6. The van der Waals surface area contributed by atoms with Crippen molar-refractivity contribution < 1.29 is 13.7 Å². The normalized spacial score (nSPS) is 17.8. The molecule has 8 heteroatoms. The van der Waals surface area contributed by atoms with Crippen LogP contribution in [0.25, 0.3) is 0 Å². The first kappa shape index (κ1) is 16.6. The molecule has 1 atom stereocenters. The molecule has 0 saturated carbocycles. The number of hydrogen-bond acceptors (Lipinski definition) is 7. The Morgan fingerprint density at radius 1 is 1.42 bits per heavy atom. The van der Waals surface area contributed by atoms with Gasteiger partial charge in [0, 0.05) is 18.4 Å². The second-order valence-electron chi connectivity index (χ2n) is 6.19. The fourth-order valence-corrected chi connectivity index (χ4v) is 2.94. The Morgan fingerprint density at radius 2 is 2.17 bits per heavy atom. The van der Waals surface area contributed by atoms with Gasteiger partial charge in [-0.15, -0.1) is 10.2 Å². The molecule has 1 N–H and O–H groups in total. The fraction of sp³-hybridized carbons (Fsp3) is 0.625. The van der Waals surface area contributed by atoms with Crippen LogP contribution in [0.4, 0.5) is 5.82 Å². The van der Waals surface area contributed by atoms with E-state index in [1.54, 1.807) is 13.0 Å². The maximum atomic E-state index is 12.3. The maximum absolute atomic E-state index is 12.3. The smallest absolute Gasteiger partial charge is 0.233 e. The molecule has 0 aromatic carbocycles. The second-order valence-corrected chi connectivity index (χ2v) is 6.19. The highest BCUT2D eigenvalue weighted by atomic mass is 16.5. The molecule has 8 nitrogen and oxygen atoms in total. The third-order valence-corrected chi connectivity index (χ3v) is 4.47. The summed E-state index contributed by atoms with van der Waals surface area (Å²) in [5.74, 6) is 2.45. The number of nitrogens with one attached hydrogen (secondary N) is 1. The number of carbonyl (C=O) groups is 1. The lowest BCUT2D eigenvalue weighted by molar-refractivity contribution is -0.121. The highest BCUT2D eigenvalue weighted by Gasteiger charge is 2.30. The Bertz CT molecular complexity index is 687. The van der Waals surface area contributed by atoms with Crippen LogP contribution in [0.5, 0.6) is 0 Å². The first-order valence-electron chi connectivity index (χ1n) is 8.37. The van der Waals surface area contributed by atoms with Gasteiger partial charge in [0.2, 0.25) is 17.7 Å². The monoisotopic (exact) mass is 333 g/mol. The van der Waals surface area contributed by atoms with Gasteiger partial charge in [-0.25, -0.2) is 0 Å². The van der Waals surface area contributed by atoms with Crippen molar-refractivity contribution in [2.45, 2.75) is 46.1 Å². The summed E-state index contributed by atoms with van der Waals surface area (Å²) in [4.78, 5) is 14.6. The molecule has 1 amide bonds. The number of nitrogens with zero attached hydrogens (tertiary/aromatic N) is 4. The number of carbonyl (C=O) groups excluding carboxylic acids is 1. The molecule has 2 aromatic heterocycles. The highest BCUT2D eigenvalue weighted by molar-refractivity contribution is 5.91. The lowest BCUT2D eigenvalue weighted by Crippen LogP contribution is -2.39. The van der Waals surface area contributed by atoms with Gasteiger partial charge in [-0.1, -0.05) is 12.1 Å². The summed E-state index contributed by atoms with van der Waals surface area (Å²) >= 11 is 0. The Morgan fingerprint density at radius 3 is 2.75 bits per heavy atom. The first-order valence-corrected chi connectivity index (χ1v) is 8.37. The molecule has 1 fully saturated rings. The zero-order valence-corrected chi connectivity index (χ0v) is 14.3. The van der Waals surface area contributed by atoms with Gasteiger partial charge in [-0.05, 0) is 39.8 Å². The maximum Gasteiger partial charge on any atom is 0.233 e. The first-order chi connectivity index (χ1) is 11.6.